The second kappa shape index (κ2) is 7.16. The molecule has 0 saturated heterocycles. The number of hydrogen-bond acceptors (Lipinski definition) is 4. The summed E-state index contributed by atoms with van der Waals surface area (Å²) in [5.74, 6) is 0.845. The summed E-state index contributed by atoms with van der Waals surface area (Å²) in [7, 11) is 4.12. The van der Waals surface area contributed by atoms with E-state index in [4.69, 9.17) is 12.2 Å². The number of hydrogen-bond donors (Lipinski definition) is 2. The highest BCUT2D eigenvalue weighted by Gasteiger charge is 2.04. The van der Waals surface area contributed by atoms with Crippen molar-refractivity contribution in [2.45, 2.75) is 13.0 Å². The summed E-state index contributed by atoms with van der Waals surface area (Å²) in [5.41, 5.74) is 0.842. The fourth-order valence-corrected chi connectivity index (χ4v) is 2.00. The average molecular weight is 292 g/mol. The van der Waals surface area contributed by atoms with Crippen molar-refractivity contribution >= 4 is 23.0 Å². The molecule has 2 heterocycles. The zero-order chi connectivity index (χ0) is 14.4. The molecule has 0 spiro atoms. The maximum atomic E-state index is 5.24. The Balaban J connectivity index is 1.76. The van der Waals surface area contributed by atoms with Gasteiger partial charge in [0.05, 0.1) is 6.54 Å². The van der Waals surface area contributed by atoms with Crippen LogP contribution in [0.15, 0.2) is 24.4 Å². The highest BCUT2D eigenvalue weighted by Crippen LogP contribution is 2.01. The molecule has 0 aromatic carbocycles. The molecule has 2 N–H and O–H groups in total. The van der Waals surface area contributed by atoms with E-state index in [2.05, 4.69) is 39.8 Å². The van der Waals surface area contributed by atoms with E-state index in [1.807, 2.05) is 28.8 Å². The van der Waals surface area contributed by atoms with E-state index in [1.165, 1.54) is 0 Å². The Morgan fingerprint density at radius 3 is 2.95 bits per heavy atom. The third-order valence-corrected chi connectivity index (χ3v) is 3.15. The van der Waals surface area contributed by atoms with Crippen molar-refractivity contribution in [3.63, 3.8) is 0 Å². The van der Waals surface area contributed by atoms with Gasteiger partial charge in [-0.3, -0.25) is 4.40 Å². The minimum Gasteiger partial charge on any atom is -0.363 e. The molecule has 0 unspecified atom stereocenters. The highest BCUT2D eigenvalue weighted by atomic mass is 32.1. The summed E-state index contributed by atoms with van der Waals surface area (Å²) in [6.45, 7) is 2.47. The van der Waals surface area contributed by atoms with E-state index in [0.29, 0.717) is 11.7 Å². The number of pyridine rings is 1. The number of rotatable bonds is 6. The van der Waals surface area contributed by atoms with Gasteiger partial charge in [-0.1, -0.05) is 6.07 Å². The van der Waals surface area contributed by atoms with Gasteiger partial charge in [0.2, 0.25) is 0 Å². The summed E-state index contributed by atoms with van der Waals surface area (Å²) in [6, 6.07) is 5.82. The van der Waals surface area contributed by atoms with Crippen molar-refractivity contribution in [2.24, 2.45) is 0 Å². The van der Waals surface area contributed by atoms with Gasteiger partial charge in [0.15, 0.2) is 16.6 Å². The van der Waals surface area contributed by atoms with Crippen molar-refractivity contribution in [3.8, 4) is 0 Å². The maximum Gasteiger partial charge on any atom is 0.166 e. The molecule has 2 aromatic heterocycles. The first-order valence-corrected chi connectivity index (χ1v) is 7.02. The van der Waals surface area contributed by atoms with E-state index in [0.717, 1.165) is 31.0 Å². The first-order chi connectivity index (χ1) is 9.66. The lowest BCUT2D eigenvalue weighted by Gasteiger charge is -2.12. The van der Waals surface area contributed by atoms with Crippen molar-refractivity contribution in [3.05, 3.63) is 30.2 Å². The first kappa shape index (κ1) is 14.7. The SMILES string of the molecule is CN(C)CCCNC(=S)NCc1nnc2ccccn12. The summed E-state index contributed by atoms with van der Waals surface area (Å²) < 4.78 is 1.95. The minimum atomic E-state index is 0.560. The van der Waals surface area contributed by atoms with Gasteiger partial charge in [-0.2, -0.15) is 0 Å². The molecule has 0 aliphatic heterocycles. The van der Waals surface area contributed by atoms with Crippen LogP contribution in [0.4, 0.5) is 0 Å². The molecular formula is C13H20N6S. The Kier molecular flexibility index (Phi) is 5.25. The molecule has 0 radical (unpaired) electrons. The molecule has 6 nitrogen and oxygen atoms in total. The predicted molar refractivity (Wildman–Crippen MR) is 83.6 cm³/mol. The highest BCUT2D eigenvalue weighted by molar-refractivity contribution is 7.80. The van der Waals surface area contributed by atoms with Gasteiger partial charge in [0, 0.05) is 12.7 Å². The van der Waals surface area contributed by atoms with Crippen LogP contribution in [0.2, 0.25) is 0 Å². The third kappa shape index (κ3) is 4.14. The number of nitrogens with one attached hydrogen (secondary N) is 2. The van der Waals surface area contributed by atoms with E-state index >= 15 is 0 Å². The molecule has 0 fully saturated rings. The van der Waals surface area contributed by atoms with Crippen LogP contribution in [0.25, 0.3) is 5.65 Å². The van der Waals surface area contributed by atoms with Gasteiger partial charge in [0.1, 0.15) is 0 Å². The lowest BCUT2D eigenvalue weighted by Crippen LogP contribution is -2.36. The second-order valence-corrected chi connectivity index (χ2v) is 5.22. The summed E-state index contributed by atoms with van der Waals surface area (Å²) in [6.07, 6.45) is 3.00. The average Bonchev–Trinajstić information content (AvgIpc) is 2.84. The Morgan fingerprint density at radius 2 is 2.15 bits per heavy atom. The van der Waals surface area contributed by atoms with Crippen molar-refractivity contribution in [1.29, 1.82) is 0 Å². The van der Waals surface area contributed by atoms with Crippen LogP contribution in [-0.2, 0) is 6.54 Å². The molecule has 0 bridgehead atoms. The number of aromatic nitrogens is 3. The van der Waals surface area contributed by atoms with Crippen LogP contribution in [0.1, 0.15) is 12.2 Å². The predicted octanol–water partition coefficient (Wildman–Crippen LogP) is 0.645. The zero-order valence-corrected chi connectivity index (χ0v) is 12.7. The Bertz CT molecular complexity index is 565. The fraction of sp³-hybridized carbons (Fsp3) is 0.462. The molecule has 0 aliphatic rings. The molecule has 2 rings (SSSR count). The smallest absolute Gasteiger partial charge is 0.166 e. The van der Waals surface area contributed by atoms with Crippen molar-refractivity contribution in [2.75, 3.05) is 27.2 Å². The molecule has 0 amide bonds. The largest absolute Gasteiger partial charge is 0.363 e. The zero-order valence-electron chi connectivity index (χ0n) is 11.8. The third-order valence-electron chi connectivity index (χ3n) is 2.86. The van der Waals surface area contributed by atoms with Crippen LogP contribution >= 0.6 is 12.2 Å². The molecule has 0 saturated carbocycles. The second-order valence-electron chi connectivity index (χ2n) is 4.81. The van der Waals surface area contributed by atoms with Gasteiger partial charge < -0.3 is 15.5 Å². The number of nitrogens with zero attached hydrogens (tertiary/aromatic N) is 4. The van der Waals surface area contributed by atoms with E-state index in [1.54, 1.807) is 0 Å². The maximum absolute atomic E-state index is 5.24. The van der Waals surface area contributed by atoms with Crippen LogP contribution in [0.3, 0.4) is 0 Å². The Labute approximate surface area is 124 Å². The van der Waals surface area contributed by atoms with E-state index in [9.17, 15) is 0 Å². The topological polar surface area (TPSA) is 57.5 Å². The fourth-order valence-electron chi connectivity index (χ4n) is 1.83. The number of fused-ring (bicyclic) bond motifs is 1. The molecule has 7 heteroatoms. The van der Waals surface area contributed by atoms with Gasteiger partial charge in [-0.25, -0.2) is 0 Å². The van der Waals surface area contributed by atoms with Crippen LogP contribution in [0.5, 0.6) is 0 Å². The van der Waals surface area contributed by atoms with E-state index < -0.39 is 0 Å². The lowest BCUT2D eigenvalue weighted by atomic mass is 10.4. The normalized spacial score (nSPS) is 10.9. The van der Waals surface area contributed by atoms with Gasteiger partial charge in [0.25, 0.3) is 0 Å². The summed E-state index contributed by atoms with van der Waals surface area (Å²) in [5, 5.41) is 15.2. The Morgan fingerprint density at radius 1 is 1.30 bits per heavy atom. The molecular weight excluding hydrogens is 272 g/mol. The summed E-state index contributed by atoms with van der Waals surface area (Å²) >= 11 is 5.24. The molecule has 0 aliphatic carbocycles. The van der Waals surface area contributed by atoms with Gasteiger partial charge >= 0.3 is 0 Å². The van der Waals surface area contributed by atoms with Gasteiger partial charge in [-0.05, 0) is 51.4 Å². The van der Waals surface area contributed by atoms with Crippen LogP contribution < -0.4 is 10.6 Å². The molecule has 2 aromatic rings. The first-order valence-electron chi connectivity index (χ1n) is 6.62. The van der Waals surface area contributed by atoms with E-state index in [-0.39, 0.29) is 0 Å². The molecule has 0 atom stereocenters. The quantitative estimate of drug-likeness (QED) is 0.602. The van der Waals surface area contributed by atoms with Gasteiger partial charge in [-0.15, -0.1) is 10.2 Å². The standard InChI is InChI=1S/C13H20N6S/c1-18(2)8-5-7-14-13(20)15-10-12-17-16-11-6-3-4-9-19(11)12/h3-4,6,9H,5,7-8,10H2,1-2H3,(H2,14,15,20). The van der Waals surface area contributed by atoms with Crippen LogP contribution in [-0.4, -0.2) is 51.8 Å². The molecule has 108 valence electrons. The summed E-state index contributed by atoms with van der Waals surface area (Å²) in [4.78, 5) is 2.15. The van der Waals surface area contributed by atoms with Crippen molar-refractivity contribution < 1.29 is 0 Å². The van der Waals surface area contributed by atoms with Crippen LogP contribution in [0, 0.1) is 0 Å². The lowest BCUT2D eigenvalue weighted by molar-refractivity contribution is 0.400. The monoisotopic (exact) mass is 292 g/mol. The Hall–Kier alpha value is -1.73. The number of thiocarbonyl (C=S) groups is 1. The van der Waals surface area contributed by atoms with Crippen molar-refractivity contribution in [1.82, 2.24) is 30.1 Å². The minimum absolute atomic E-state index is 0.560. The molecule has 20 heavy (non-hydrogen) atoms.